The topological polar surface area (TPSA) is 43.8 Å². The number of aliphatic hydroxyl groups is 1. The highest BCUT2D eigenvalue weighted by atomic mass is 16.3. The molecular weight excluding hydrogens is 348 g/mol. The Morgan fingerprint density at radius 3 is 2.39 bits per heavy atom. The molecule has 0 aromatic heterocycles. The zero-order valence-electron chi connectivity index (χ0n) is 16.7. The number of carbonyl (C=O) groups is 1. The Labute approximate surface area is 167 Å². The summed E-state index contributed by atoms with van der Waals surface area (Å²) in [4.78, 5) is 17.4. The fourth-order valence-electron chi connectivity index (χ4n) is 5.10. The summed E-state index contributed by atoms with van der Waals surface area (Å²) in [6, 6.07) is 18.2. The van der Waals surface area contributed by atoms with Crippen LogP contribution in [0.2, 0.25) is 0 Å². The lowest BCUT2D eigenvalue weighted by Gasteiger charge is -2.49. The van der Waals surface area contributed by atoms with E-state index in [1.54, 1.807) is 0 Å². The van der Waals surface area contributed by atoms with Crippen LogP contribution in [-0.4, -0.2) is 54.0 Å². The van der Waals surface area contributed by atoms with Gasteiger partial charge in [0.1, 0.15) is 0 Å². The fraction of sp³-hybridized carbons (Fsp3) is 0.458. The summed E-state index contributed by atoms with van der Waals surface area (Å²) in [7, 11) is 2.23. The largest absolute Gasteiger partial charge is 0.392 e. The van der Waals surface area contributed by atoms with E-state index >= 15 is 0 Å². The van der Waals surface area contributed by atoms with Gasteiger partial charge in [-0.3, -0.25) is 4.79 Å². The van der Waals surface area contributed by atoms with Crippen molar-refractivity contribution in [2.45, 2.75) is 31.8 Å². The van der Waals surface area contributed by atoms with Gasteiger partial charge < -0.3 is 14.9 Å². The van der Waals surface area contributed by atoms with Crippen molar-refractivity contribution >= 4 is 5.91 Å². The van der Waals surface area contributed by atoms with Crippen molar-refractivity contribution in [2.75, 3.05) is 33.2 Å². The van der Waals surface area contributed by atoms with Crippen LogP contribution in [0.5, 0.6) is 0 Å². The van der Waals surface area contributed by atoms with Crippen molar-refractivity contribution in [3.05, 3.63) is 71.3 Å². The summed E-state index contributed by atoms with van der Waals surface area (Å²) in [5.41, 5.74) is 3.31. The van der Waals surface area contributed by atoms with Gasteiger partial charge in [-0.05, 0) is 60.9 Å². The van der Waals surface area contributed by atoms with Crippen molar-refractivity contribution in [1.29, 1.82) is 0 Å². The first-order chi connectivity index (χ1) is 13.6. The predicted molar refractivity (Wildman–Crippen MR) is 111 cm³/mol. The van der Waals surface area contributed by atoms with Gasteiger partial charge in [0.05, 0.1) is 6.61 Å². The van der Waals surface area contributed by atoms with Crippen molar-refractivity contribution in [3.63, 3.8) is 0 Å². The molecule has 4 rings (SSSR count). The lowest BCUT2D eigenvalue weighted by molar-refractivity contribution is 0.0224. The molecule has 1 unspecified atom stereocenters. The second-order valence-electron chi connectivity index (χ2n) is 8.66. The Kier molecular flexibility index (Phi) is 5.51. The third-order valence-electron chi connectivity index (χ3n) is 6.58. The Morgan fingerprint density at radius 1 is 1.07 bits per heavy atom. The summed E-state index contributed by atoms with van der Waals surface area (Å²) in [5.74, 6) is 0.691. The van der Waals surface area contributed by atoms with E-state index in [0.29, 0.717) is 11.3 Å². The van der Waals surface area contributed by atoms with Crippen molar-refractivity contribution in [2.24, 2.45) is 5.41 Å². The number of likely N-dealkylation sites (tertiary alicyclic amines) is 2. The van der Waals surface area contributed by atoms with Gasteiger partial charge in [0.15, 0.2) is 0 Å². The number of likely N-dealkylation sites (N-methyl/N-ethyl adjacent to an activating group) is 1. The minimum absolute atomic E-state index is 0.0107. The Hall–Kier alpha value is -2.17. The van der Waals surface area contributed by atoms with Crippen LogP contribution in [-0.2, 0) is 6.61 Å². The summed E-state index contributed by atoms with van der Waals surface area (Å²) in [6.07, 6.45) is 3.36. The molecule has 2 aliphatic rings. The third kappa shape index (κ3) is 3.98. The van der Waals surface area contributed by atoms with Crippen LogP contribution in [0.4, 0.5) is 0 Å². The van der Waals surface area contributed by atoms with Crippen LogP contribution in [0.25, 0.3) is 0 Å². The normalized spacial score (nSPS) is 22.4. The van der Waals surface area contributed by atoms with E-state index in [1.165, 1.54) is 12.0 Å². The van der Waals surface area contributed by atoms with Crippen molar-refractivity contribution in [1.82, 2.24) is 9.80 Å². The lowest BCUT2D eigenvalue weighted by atomic mass is 9.68. The van der Waals surface area contributed by atoms with Gasteiger partial charge in [-0.15, -0.1) is 0 Å². The molecule has 2 saturated heterocycles. The smallest absolute Gasteiger partial charge is 0.253 e. The highest BCUT2D eigenvalue weighted by Gasteiger charge is 2.42. The molecule has 0 saturated carbocycles. The standard InChI is InChI=1S/C24H30N2O2/c1-25-16-22(20-5-3-2-4-6-20)15-24(18-25)11-13-26(14-12-24)23(28)21-9-7-19(17-27)8-10-21/h2-10,22,27H,11-18H2,1H3. The number of nitrogens with zero attached hydrogens (tertiary/aromatic N) is 2. The maximum atomic E-state index is 12.9. The number of rotatable bonds is 3. The molecule has 1 amide bonds. The molecule has 1 spiro atoms. The molecule has 2 heterocycles. The molecule has 2 aromatic rings. The number of aliphatic hydroxyl groups excluding tert-OH is 1. The van der Waals surface area contributed by atoms with Gasteiger partial charge in [-0.25, -0.2) is 0 Å². The maximum absolute atomic E-state index is 12.9. The molecule has 1 atom stereocenters. The van der Waals surface area contributed by atoms with E-state index in [4.69, 9.17) is 0 Å². The number of amides is 1. The summed E-state index contributed by atoms with van der Waals surface area (Å²) < 4.78 is 0. The minimum atomic E-state index is 0.0107. The quantitative estimate of drug-likeness (QED) is 0.889. The Bertz CT molecular complexity index is 795. The van der Waals surface area contributed by atoms with Crippen LogP contribution < -0.4 is 0 Å². The lowest BCUT2D eigenvalue weighted by Crippen LogP contribution is -2.51. The average molecular weight is 379 g/mol. The second-order valence-corrected chi connectivity index (χ2v) is 8.66. The van der Waals surface area contributed by atoms with Crippen LogP contribution in [0.15, 0.2) is 54.6 Å². The van der Waals surface area contributed by atoms with Gasteiger partial charge in [-0.1, -0.05) is 42.5 Å². The molecule has 148 valence electrons. The molecular formula is C24H30N2O2. The highest BCUT2D eigenvalue weighted by Crippen LogP contribution is 2.44. The highest BCUT2D eigenvalue weighted by molar-refractivity contribution is 5.94. The van der Waals surface area contributed by atoms with Gasteiger partial charge in [0.2, 0.25) is 0 Å². The molecule has 1 N–H and O–H groups in total. The molecule has 28 heavy (non-hydrogen) atoms. The molecule has 4 heteroatoms. The molecule has 2 fully saturated rings. The molecule has 0 aliphatic carbocycles. The van der Waals surface area contributed by atoms with Crippen LogP contribution in [0, 0.1) is 5.41 Å². The van der Waals surface area contributed by atoms with Gasteiger partial charge >= 0.3 is 0 Å². The predicted octanol–water partition coefficient (Wildman–Crippen LogP) is 3.52. The Morgan fingerprint density at radius 2 is 1.75 bits per heavy atom. The SMILES string of the molecule is CN1CC(c2ccccc2)CC2(CCN(C(=O)c3ccc(CO)cc3)CC2)C1. The summed E-state index contributed by atoms with van der Waals surface area (Å²) in [6.45, 7) is 3.91. The molecule has 2 aliphatic heterocycles. The van der Waals surface area contributed by atoms with E-state index < -0.39 is 0 Å². The zero-order chi connectivity index (χ0) is 19.6. The monoisotopic (exact) mass is 378 g/mol. The van der Waals surface area contributed by atoms with Gasteiger partial charge in [-0.2, -0.15) is 0 Å². The first kappa shape index (κ1) is 19.2. The number of hydrogen-bond acceptors (Lipinski definition) is 3. The summed E-state index contributed by atoms with van der Waals surface area (Å²) >= 11 is 0. The van der Waals surface area contributed by atoms with Crippen LogP contribution in [0.1, 0.15) is 46.7 Å². The van der Waals surface area contributed by atoms with Crippen LogP contribution in [0.3, 0.4) is 0 Å². The van der Waals surface area contributed by atoms with Crippen molar-refractivity contribution < 1.29 is 9.90 Å². The van der Waals surface area contributed by atoms with E-state index in [1.807, 2.05) is 29.2 Å². The average Bonchev–Trinajstić information content (AvgIpc) is 2.74. The van der Waals surface area contributed by atoms with E-state index in [9.17, 15) is 9.90 Å². The van der Waals surface area contributed by atoms with Crippen LogP contribution >= 0.6 is 0 Å². The maximum Gasteiger partial charge on any atom is 0.253 e. The molecule has 0 radical (unpaired) electrons. The van der Waals surface area contributed by atoms with Crippen molar-refractivity contribution in [3.8, 4) is 0 Å². The second kappa shape index (κ2) is 8.06. The summed E-state index contributed by atoms with van der Waals surface area (Å²) in [5, 5.41) is 9.18. The first-order valence-corrected chi connectivity index (χ1v) is 10.3. The van der Waals surface area contributed by atoms with E-state index in [0.717, 1.165) is 50.1 Å². The molecule has 4 nitrogen and oxygen atoms in total. The molecule has 2 aromatic carbocycles. The van der Waals surface area contributed by atoms with Gasteiger partial charge in [0.25, 0.3) is 5.91 Å². The van der Waals surface area contributed by atoms with E-state index in [-0.39, 0.29) is 12.5 Å². The number of carbonyl (C=O) groups excluding carboxylic acids is 1. The number of piperidine rings is 2. The third-order valence-corrected chi connectivity index (χ3v) is 6.58. The fourth-order valence-corrected chi connectivity index (χ4v) is 5.10. The Balaban J connectivity index is 1.42. The molecule has 0 bridgehead atoms. The minimum Gasteiger partial charge on any atom is -0.392 e. The first-order valence-electron chi connectivity index (χ1n) is 10.3. The number of benzene rings is 2. The van der Waals surface area contributed by atoms with Gasteiger partial charge in [0, 0.05) is 31.7 Å². The van der Waals surface area contributed by atoms with E-state index in [2.05, 4.69) is 42.3 Å². The zero-order valence-corrected chi connectivity index (χ0v) is 16.7. The number of hydrogen-bond donors (Lipinski definition) is 1.